The zero-order valence-electron chi connectivity index (χ0n) is 8.91. The van der Waals surface area contributed by atoms with Gasteiger partial charge < -0.3 is 5.73 Å². The fourth-order valence-electron chi connectivity index (χ4n) is 1.38. The van der Waals surface area contributed by atoms with Crippen molar-refractivity contribution in [2.45, 2.75) is 17.7 Å². The Morgan fingerprint density at radius 2 is 2.00 bits per heavy atom. The number of nitrogens with one attached hydrogen (secondary N) is 1. The van der Waals surface area contributed by atoms with E-state index in [1.807, 2.05) is 0 Å². The summed E-state index contributed by atoms with van der Waals surface area (Å²) in [6.07, 6.45) is 1.94. The third-order valence-corrected chi connectivity index (χ3v) is 4.08. The lowest BCUT2D eigenvalue weighted by Gasteiger charge is -2.08. The van der Waals surface area contributed by atoms with E-state index in [0.29, 0.717) is 5.92 Å². The normalized spacial score (nSPS) is 16.1. The van der Waals surface area contributed by atoms with Crippen molar-refractivity contribution < 1.29 is 17.2 Å². The van der Waals surface area contributed by atoms with E-state index < -0.39 is 32.2 Å². The summed E-state index contributed by atoms with van der Waals surface area (Å²) in [6, 6.07) is 1.71. The minimum Gasteiger partial charge on any atom is -0.394 e. The third kappa shape index (κ3) is 2.55. The maximum absolute atomic E-state index is 13.5. The van der Waals surface area contributed by atoms with Crippen molar-refractivity contribution in [2.75, 3.05) is 12.3 Å². The summed E-state index contributed by atoms with van der Waals surface area (Å²) in [6.45, 7) is 0.277. The fourth-order valence-corrected chi connectivity index (χ4v) is 2.59. The lowest BCUT2D eigenvalue weighted by atomic mass is 10.3. The van der Waals surface area contributed by atoms with Gasteiger partial charge in [-0.1, -0.05) is 0 Å². The van der Waals surface area contributed by atoms with Gasteiger partial charge in [-0.3, -0.25) is 0 Å². The molecule has 0 atom stereocenters. The molecule has 0 aromatic heterocycles. The van der Waals surface area contributed by atoms with Crippen LogP contribution in [0.2, 0.25) is 0 Å². The first-order valence-electron chi connectivity index (χ1n) is 5.15. The molecule has 0 amide bonds. The van der Waals surface area contributed by atoms with Crippen LogP contribution < -0.4 is 10.5 Å². The minimum absolute atomic E-state index is 0.277. The lowest BCUT2D eigenvalue weighted by Crippen LogP contribution is -2.27. The first kappa shape index (κ1) is 12.3. The fraction of sp³-hybridized carbons (Fsp3) is 0.400. The zero-order chi connectivity index (χ0) is 12.6. The van der Waals surface area contributed by atoms with Gasteiger partial charge in [0.25, 0.3) is 0 Å². The van der Waals surface area contributed by atoms with Crippen molar-refractivity contribution in [1.82, 2.24) is 4.72 Å². The number of anilines is 1. The van der Waals surface area contributed by atoms with Gasteiger partial charge in [-0.05, 0) is 30.9 Å². The summed E-state index contributed by atoms with van der Waals surface area (Å²) >= 11 is 0. The Bertz CT molecular complexity index is 541. The monoisotopic (exact) mass is 262 g/mol. The highest BCUT2D eigenvalue weighted by Gasteiger charge is 2.27. The van der Waals surface area contributed by atoms with E-state index in [4.69, 9.17) is 5.73 Å². The highest BCUT2D eigenvalue weighted by molar-refractivity contribution is 7.89. The van der Waals surface area contributed by atoms with Crippen molar-refractivity contribution in [3.8, 4) is 0 Å². The number of hydrogen-bond donors (Lipinski definition) is 2. The van der Waals surface area contributed by atoms with Crippen molar-refractivity contribution in [2.24, 2.45) is 5.92 Å². The molecular formula is C10H12F2N2O2S. The highest BCUT2D eigenvalue weighted by Crippen LogP contribution is 2.29. The van der Waals surface area contributed by atoms with E-state index in [2.05, 4.69) is 4.72 Å². The maximum Gasteiger partial charge on any atom is 0.243 e. The first-order chi connectivity index (χ1) is 7.92. The maximum atomic E-state index is 13.5. The Balaban J connectivity index is 2.28. The van der Waals surface area contributed by atoms with Crippen LogP contribution in [0.15, 0.2) is 17.0 Å². The molecule has 1 aliphatic carbocycles. The van der Waals surface area contributed by atoms with E-state index in [-0.39, 0.29) is 6.54 Å². The second-order valence-electron chi connectivity index (χ2n) is 4.07. The SMILES string of the molecule is Nc1c(F)ccc(S(=O)(=O)NCC2CC2)c1F. The summed E-state index contributed by atoms with van der Waals surface area (Å²) in [5, 5.41) is 0. The molecule has 17 heavy (non-hydrogen) atoms. The first-order valence-corrected chi connectivity index (χ1v) is 6.63. The lowest BCUT2D eigenvalue weighted by molar-refractivity contribution is 0.546. The van der Waals surface area contributed by atoms with Gasteiger partial charge in [-0.25, -0.2) is 21.9 Å². The highest BCUT2D eigenvalue weighted by atomic mass is 32.2. The molecule has 1 aliphatic rings. The Morgan fingerprint density at radius 3 is 2.59 bits per heavy atom. The number of rotatable bonds is 4. The summed E-state index contributed by atoms with van der Waals surface area (Å²) in [7, 11) is -3.96. The molecule has 94 valence electrons. The molecule has 0 unspecified atom stereocenters. The minimum atomic E-state index is -3.96. The number of halogens is 2. The average molecular weight is 262 g/mol. The second kappa shape index (κ2) is 4.23. The van der Waals surface area contributed by atoms with Crippen LogP contribution >= 0.6 is 0 Å². The Morgan fingerprint density at radius 1 is 1.35 bits per heavy atom. The van der Waals surface area contributed by atoms with Gasteiger partial charge in [0.1, 0.15) is 16.4 Å². The topological polar surface area (TPSA) is 72.2 Å². The number of hydrogen-bond acceptors (Lipinski definition) is 3. The number of nitrogen functional groups attached to an aromatic ring is 1. The number of sulfonamides is 1. The summed E-state index contributed by atoms with van der Waals surface area (Å²) in [5.74, 6) is -1.89. The van der Waals surface area contributed by atoms with Gasteiger partial charge in [0.2, 0.25) is 10.0 Å². The molecule has 4 nitrogen and oxygen atoms in total. The average Bonchev–Trinajstić information content (AvgIpc) is 3.07. The van der Waals surface area contributed by atoms with Gasteiger partial charge >= 0.3 is 0 Å². The van der Waals surface area contributed by atoms with Crippen molar-refractivity contribution in [1.29, 1.82) is 0 Å². The Labute approximate surface area is 97.9 Å². The molecule has 2 rings (SSSR count). The molecule has 0 radical (unpaired) electrons. The van der Waals surface area contributed by atoms with Crippen LogP contribution in [0.4, 0.5) is 14.5 Å². The predicted molar refractivity (Wildman–Crippen MR) is 58.7 cm³/mol. The van der Waals surface area contributed by atoms with Crippen molar-refractivity contribution in [3.05, 3.63) is 23.8 Å². The predicted octanol–water partition coefficient (Wildman–Crippen LogP) is 1.24. The smallest absolute Gasteiger partial charge is 0.243 e. The van der Waals surface area contributed by atoms with Gasteiger partial charge in [-0.2, -0.15) is 0 Å². The van der Waals surface area contributed by atoms with Gasteiger partial charge in [0.05, 0.1) is 0 Å². The second-order valence-corrected chi connectivity index (χ2v) is 5.80. The van der Waals surface area contributed by atoms with Gasteiger partial charge in [-0.15, -0.1) is 0 Å². The largest absolute Gasteiger partial charge is 0.394 e. The van der Waals surface area contributed by atoms with Crippen LogP contribution in [0.1, 0.15) is 12.8 Å². The quantitative estimate of drug-likeness (QED) is 0.802. The van der Waals surface area contributed by atoms with E-state index in [0.717, 1.165) is 25.0 Å². The van der Waals surface area contributed by atoms with Crippen LogP contribution in [0, 0.1) is 17.6 Å². The van der Waals surface area contributed by atoms with Gasteiger partial charge in [0, 0.05) is 6.54 Å². The van der Waals surface area contributed by atoms with E-state index in [1.165, 1.54) is 0 Å². The van der Waals surface area contributed by atoms with Crippen LogP contribution in [0.3, 0.4) is 0 Å². The molecule has 0 heterocycles. The van der Waals surface area contributed by atoms with Gasteiger partial charge in [0.15, 0.2) is 5.82 Å². The van der Waals surface area contributed by atoms with Crippen LogP contribution in [-0.2, 0) is 10.0 Å². The van der Waals surface area contributed by atoms with E-state index >= 15 is 0 Å². The molecule has 1 aromatic carbocycles. The molecule has 0 saturated heterocycles. The molecule has 1 saturated carbocycles. The van der Waals surface area contributed by atoms with E-state index in [1.54, 1.807) is 0 Å². The summed E-state index contributed by atoms with van der Waals surface area (Å²) in [4.78, 5) is -0.614. The Hall–Kier alpha value is -1.21. The van der Waals surface area contributed by atoms with E-state index in [9.17, 15) is 17.2 Å². The molecule has 0 aliphatic heterocycles. The number of nitrogens with two attached hydrogens (primary N) is 1. The molecule has 7 heteroatoms. The summed E-state index contributed by atoms with van der Waals surface area (Å²) < 4.78 is 52.1. The van der Waals surface area contributed by atoms with Crippen molar-refractivity contribution in [3.63, 3.8) is 0 Å². The standard InChI is InChI=1S/C10H12F2N2O2S/c11-7-3-4-8(9(12)10(7)13)17(15,16)14-5-6-1-2-6/h3-4,6,14H,1-2,5,13H2. The third-order valence-electron chi connectivity index (χ3n) is 2.64. The molecule has 1 aromatic rings. The summed E-state index contributed by atoms with van der Waals surface area (Å²) in [5.41, 5.74) is 4.33. The molecule has 0 bridgehead atoms. The zero-order valence-corrected chi connectivity index (χ0v) is 9.73. The van der Waals surface area contributed by atoms with Crippen molar-refractivity contribution >= 4 is 15.7 Å². The molecular weight excluding hydrogens is 250 g/mol. The molecule has 1 fully saturated rings. The van der Waals surface area contributed by atoms with Crippen LogP contribution in [0.25, 0.3) is 0 Å². The molecule has 3 N–H and O–H groups in total. The Kier molecular flexibility index (Phi) is 3.05. The molecule has 0 spiro atoms. The van der Waals surface area contributed by atoms with Crippen LogP contribution in [0.5, 0.6) is 0 Å². The number of benzene rings is 1. The van der Waals surface area contributed by atoms with Crippen LogP contribution in [-0.4, -0.2) is 15.0 Å².